The van der Waals surface area contributed by atoms with Gasteiger partial charge in [-0.05, 0) is 24.3 Å². The van der Waals surface area contributed by atoms with Gasteiger partial charge in [0.05, 0.1) is 5.52 Å². The maximum atomic E-state index is 13.0. The van der Waals surface area contributed by atoms with Crippen LogP contribution in [0.25, 0.3) is 10.9 Å². The fourth-order valence-electron chi connectivity index (χ4n) is 2.65. The molecule has 130 valence electrons. The van der Waals surface area contributed by atoms with Gasteiger partial charge >= 0.3 is 6.18 Å². The van der Waals surface area contributed by atoms with Crippen LogP contribution < -0.4 is 0 Å². The lowest BCUT2D eigenvalue weighted by Crippen LogP contribution is -2.27. The van der Waals surface area contributed by atoms with Crippen LogP contribution in [0.4, 0.5) is 13.2 Å². The normalized spacial score (nSPS) is 11.7. The molecule has 0 atom stereocenters. The molecule has 0 aliphatic carbocycles. The van der Waals surface area contributed by atoms with Crippen molar-refractivity contribution in [3.05, 3.63) is 59.5 Å². The number of carbonyl (C=O) groups excluding carboxylic acids is 1. The van der Waals surface area contributed by atoms with Crippen LogP contribution >= 0.6 is 0 Å². The summed E-state index contributed by atoms with van der Waals surface area (Å²) >= 11 is 0. The number of hydrogen-bond donors (Lipinski definition) is 0. The third kappa shape index (κ3) is 3.47. The van der Waals surface area contributed by atoms with Crippen LogP contribution in [0.5, 0.6) is 0 Å². The minimum absolute atomic E-state index is 0.0479. The molecule has 25 heavy (non-hydrogen) atoms. The second kappa shape index (κ2) is 6.19. The van der Waals surface area contributed by atoms with E-state index in [0.717, 1.165) is 15.6 Å². The maximum absolute atomic E-state index is 13.0. The molecule has 0 N–H and O–H groups in total. The third-order valence-corrected chi connectivity index (χ3v) is 3.78. The van der Waals surface area contributed by atoms with Crippen LogP contribution in [0.3, 0.4) is 0 Å². The smallest absolute Gasteiger partial charge is 0.337 e. The molecule has 1 amide bonds. The largest absolute Gasteiger partial charge is 0.435 e. The molecule has 3 aromatic rings. The first-order valence-electron chi connectivity index (χ1n) is 7.45. The predicted octanol–water partition coefficient (Wildman–Crippen LogP) is 3.26. The van der Waals surface area contributed by atoms with E-state index < -0.39 is 11.9 Å². The Hall–Kier alpha value is -2.90. The van der Waals surface area contributed by atoms with Crippen molar-refractivity contribution in [1.29, 1.82) is 0 Å². The molecule has 2 heterocycles. The summed E-state index contributed by atoms with van der Waals surface area (Å²) in [6.45, 7) is -0.188. The Morgan fingerprint density at radius 1 is 1.28 bits per heavy atom. The molecular formula is C17H15F3N4O. The zero-order valence-corrected chi connectivity index (χ0v) is 13.6. The molecule has 0 saturated carbocycles. The predicted molar refractivity (Wildman–Crippen MR) is 85.8 cm³/mol. The summed E-state index contributed by atoms with van der Waals surface area (Å²) in [5, 5.41) is 4.24. The number of fused-ring (bicyclic) bond motifs is 1. The number of carbonyl (C=O) groups is 1. The van der Waals surface area contributed by atoms with Gasteiger partial charge in [-0.3, -0.25) is 14.5 Å². The van der Waals surface area contributed by atoms with E-state index in [0.29, 0.717) is 5.56 Å². The van der Waals surface area contributed by atoms with Crippen molar-refractivity contribution in [1.82, 2.24) is 19.7 Å². The van der Waals surface area contributed by atoms with E-state index in [9.17, 15) is 18.0 Å². The van der Waals surface area contributed by atoms with Crippen LogP contribution in [0, 0.1) is 0 Å². The van der Waals surface area contributed by atoms with Crippen molar-refractivity contribution < 1.29 is 18.0 Å². The summed E-state index contributed by atoms with van der Waals surface area (Å²) in [6, 6.07) is 8.58. The average molecular weight is 348 g/mol. The minimum Gasteiger partial charge on any atom is -0.337 e. The Bertz CT molecular complexity index is 933. The van der Waals surface area contributed by atoms with Gasteiger partial charge in [-0.2, -0.15) is 18.3 Å². The quantitative estimate of drug-likeness (QED) is 0.730. The van der Waals surface area contributed by atoms with Gasteiger partial charge in [0.1, 0.15) is 0 Å². The molecule has 8 heteroatoms. The summed E-state index contributed by atoms with van der Waals surface area (Å²) in [6.07, 6.45) is -1.64. The average Bonchev–Trinajstić information content (AvgIpc) is 2.94. The van der Waals surface area contributed by atoms with E-state index in [1.54, 1.807) is 30.5 Å². The SMILES string of the molecule is CN(Cc1cn(C)nc1C(F)(F)F)C(=O)c1ccc2ncccc2c1. The number of aryl methyl sites for hydroxylation is 1. The molecule has 1 aromatic carbocycles. The van der Waals surface area contributed by atoms with Crippen LogP contribution in [0.1, 0.15) is 21.6 Å². The molecule has 0 aliphatic rings. The Kier molecular flexibility index (Phi) is 4.20. The molecule has 5 nitrogen and oxygen atoms in total. The zero-order valence-electron chi connectivity index (χ0n) is 13.6. The number of hydrogen-bond acceptors (Lipinski definition) is 3. The summed E-state index contributed by atoms with van der Waals surface area (Å²) in [5.74, 6) is -0.372. The molecule has 0 spiro atoms. The first-order chi connectivity index (χ1) is 11.8. The van der Waals surface area contributed by atoms with Crippen LogP contribution in [-0.4, -0.2) is 32.6 Å². The fourth-order valence-corrected chi connectivity index (χ4v) is 2.65. The van der Waals surface area contributed by atoms with Crippen LogP contribution in [-0.2, 0) is 19.8 Å². The number of aromatic nitrogens is 3. The van der Waals surface area contributed by atoms with E-state index in [-0.39, 0.29) is 18.0 Å². The third-order valence-electron chi connectivity index (χ3n) is 3.78. The van der Waals surface area contributed by atoms with E-state index in [4.69, 9.17) is 0 Å². The van der Waals surface area contributed by atoms with Crippen LogP contribution in [0.15, 0.2) is 42.7 Å². The monoisotopic (exact) mass is 348 g/mol. The van der Waals surface area contributed by atoms with Crippen LogP contribution in [0.2, 0.25) is 0 Å². The Morgan fingerprint density at radius 3 is 2.76 bits per heavy atom. The molecular weight excluding hydrogens is 333 g/mol. The van der Waals surface area contributed by atoms with Gasteiger partial charge in [0.15, 0.2) is 5.69 Å². The van der Waals surface area contributed by atoms with E-state index >= 15 is 0 Å². The Labute approximate surface area is 141 Å². The van der Waals surface area contributed by atoms with Gasteiger partial charge < -0.3 is 4.90 Å². The van der Waals surface area contributed by atoms with Gasteiger partial charge in [0.2, 0.25) is 0 Å². The lowest BCUT2D eigenvalue weighted by molar-refractivity contribution is -0.142. The highest BCUT2D eigenvalue weighted by Crippen LogP contribution is 2.31. The number of halogens is 3. The van der Waals surface area contributed by atoms with Crippen molar-refractivity contribution in [3.8, 4) is 0 Å². The standard InChI is InChI=1S/C17H15F3N4O/c1-23(9-13-10-24(2)22-15(13)17(18,19)20)16(25)12-5-6-14-11(8-12)4-3-7-21-14/h3-8,10H,9H2,1-2H3. The highest BCUT2D eigenvalue weighted by atomic mass is 19.4. The minimum atomic E-state index is -4.56. The molecule has 2 aromatic heterocycles. The van der Waals surface area contributed by atoms with Crippen molar-refractivity contribution >= 4 is 16.8 Å². The number of benzene rings is 1. The maximum Gasteiger partial charge on any atom is 0.435 e. The number of rotatable bonds is 3. The molecule has 3 rings (SSSR count). The van der Waals surface area contributed by atoms with Gasteiger partial charge in [-0.1, -0.05) is 6.07 Å². The van der Waals surface area contributed by atoms with Gasteiger partial charge in [-0.15, -0.1) is 0 Å². The Morgan fingerprint density at radius 2 is 2.04 bits per heavy atom. The fraction of sp³-hybridized carbons (Fsp3) is 0.235. The topological polar surface area (TPSA) is 51.0 Å². The van der Waals surface area contributed by atoms with Gasteiger partial charge in [-0.25, -0.2) is 0 Å². The molecule has 0 bridgehead atoms. The van der Waals surface area contributed by atoms with E-state index in [1.165, 1.54) is 25.2 Å². The Balaban J connectivity index is 1.85. The molecule has 0 fully saturated rings. The van der Waals surface area contributed by atoms with E-state index in [1.807, 2.05) is 6.07 Å². The molecule has 0 radical (unpaired) electrons. The zero-order chi connectivity index (χ0) is 18.2. The van der Waals surface area contributed by atoms with Crippen molar-refractivity contribution in [3.63, 3.8) is 0 Å². The molecule has 0 saturated heterocycles. The summed E-state index contributed by atoms with van der Waals surface area (Å²) < 4.78 is 40.2. The molecule has 0 aliphatic heterocycles. The first kappa shape index (κ1) is 16.9. The lowest BCUT2D eigenvalue weighted by Gasteiger charge is -2.18. The van der Waals surface area contributed by atoms with Crippen molar-refractivity contribution in [2.24, 2.45) is 7.05 Å². The number of pyridine rings is 1. The summed E-state index contributed by atoms with van der Waals surface area (Å²) in [5.41, 5.74) is 0.111. The highest BCUT2D eigenvalue weighted by molar-refractivity contribution is 5.97. The number of amides is 1. The first-order valence-corrected chi connectivity index (χ1v) is 7.45. The van der Waals surface area contributed by atoms with Gasteiger partial charge in [0.25, 0.3) is 5.91 Å². The summed E-state index contributed by atoms with van der Waals surface area (Å²) in [7, 11) is 2.87. The number of alkyl halides is 3. The lowest BCUT2D eigenvalue weighted by atomic mass is 10.1. The highest BCUT2D eigenvalue weighted by Gasteiger charge is 2.37. The van der Waals surface area contributed by atoms with E-state index in [2.05, 4.69) is 10.1 Å². The van der Waals surface area contributed by atoms with Crippen molar-refractivity contribution in [2.45, 2.75) is 12.7 Å². The second-order valence-corrected chi connectivity index (χ2v) is 5.75. The molecule has 0 unspecified atom stereocenters. The summed E-state index contributed by atoms with van der Waals surface area (Å²) in [4.78, 5) is 18.0. The van der Waals surface area contributed by atoms with Gasteiger partial charge in [0, 0.05) is 49.5 Å². The van der Waals surface area contributed by atoms with Crippen molar-refractivity contribution in [2.75, 3.05) is 7.05 Å². The number of nitrogens with zero attached hydrogens (tertiary/aromatic N) is 4. The second-order valence-electron chi connectivity index (χ2n) is 5.75.